The van der Waals surface area contributed by atoms with Crippen LogP contribution in [0.3, 0.4) is 0 Å². The fourth-order valence-corrected chi connectivity index (χ4v) is 2.81. The molecule has 1 atom stereocenters. The Morgan fingerprint density at radius 3 is 2.21 bits per heavy atom. The van der Waals surface area contributed by atoms with Crippen LogP contribution in [0.5, 0.6) is 0 Å². The van der Waals surface area contributed by atoms with Gasteiger partial charge in [-0.3, -0.25) is 15.0 Å². The van der Waals surface area contributed by atoms with Crippen molar-refractivity contribution in [2.45, 2.75) is 20.8 Å². The highest BCUT2D eigenvalue weighted by atomic mass is 35.5. The molecule has 0 saturated carbocycles. The summed E-state index contributed by atoms with van der Waals surface area (Å²) in [4.78, 5) is 25.8. The van der Waals surface area contributed by atoms with E-state index in [9.17, 15) is 9.59 Å². The monoisotopic (exact) mass is 416 g/mol. The zero-order valence-electron chi connectivity index (χ0n) is 15.7. The number of nitrogens with two attached hydrogens (primary N) is 1. The van der Waals surface area contributed by atoms with Crippen molar-refractivity contribution in [1.82, 2.24) is 5.43 Å². The second kappa shape index (κ2) is 9.43. The van der Waals surface area contributed by atoms with Crippen LogP contribution in [0.2, 0.25) is 5.02 Å². The highest BCUT2D eigenvalue weighted by Gasteiger charge is 2.27. The number of nitrogens with zero attached hydrogens (tertiary/aromatic N) is 1. The lowest BCUT2D eigenvalue weighted by molar-refractivity contribution is -0.110. The molecule has 0 saturated heterocycles. The van der Waals surface area contributed by atoms with E-state index in [1.165, 1.54) is 0 Å². The fraction of sp³-hybridized carbons (Fsp3) is 0.200. The van der Waals surface area contributed by atoms with E-state index in [2.05, 4.69) is 15.8 Å². The summed E-state index contributed by atoms with van der Waals surface area (Å²) in [6.45, 7) is 5.37. The third kappa shape index (κ3) is 5.37. The van der Waals surface area contributed by atoms with Crippen molar-refractivity contribution >= 4 is 52.0 Å². The number of ketones is 1. The summed E-state index contributed by atoms with van der Waals surface area (Å²) in [6.07, 6.45) is 0. The number of carbonyl (C=O) groups is 2. The zero-order valence-corrected chi connectivity index (χ0v) is 17.3. The zero-order chi connectivity index (χ0) is 20.8. The van der Waals surface area contributed by atoms with Gasteiger partial charge in [0.25, 0.3) is 5.91 Å². The van der Waals surface area contributed by atoms with Crippen molar-refractivity contribution in [2.24, 2.45) is 16.8 Å². The Balaban J connectivity index is 2.34. The fourth-order valence-electron chi connectivity index (χ4n) is 2.64. The van der Waals surface area contributed by atoms with Gasteiger partial charge in [-0.25, -0.2) is 0 Å². The van der Waals surface area contributed by atoms with E-state index in [1.54, 1.807) is 31.2 Å². The summed E-state index contributed by atoms with van der Waals surface area (Å²) in [5, 5.41) is 7.22. The summed E-state index contributed by atoms with van der Waals surface area (Å²) < 4.78 is 0. The van der Waals surface area contributed by atoms with E-state index in [0.717, 1.165) is 11.1 Å². The van der Waals surface area contributed by atoms with Crippen LogP contribution in [-0.4, -0.2) is 22.5 Å². The lowest BCUT2D eigenvalue weighted by atomic mass is 9.94. The lowest BCUT2D eigenvalue weighted by Gasteiger charge is -2.16. The van der Waals surface area contributed by atoms with Gasteiger partial charge in [-0.1, -0.05) is 29.8 Å². The SMILES string of the molecule is Cc1cccc(C)c1NC(=O)/C(=N\NC(N)=S)[C@H](C)C(=O)c1ccc(Cl)cc1. The molecule has 0 aliphatic heterocycles. The molecule has 0 bridgehead atoms. The maximum absolute atomic E-state index is 12.9. The third-order valence-corrected chi connectivity index (χ3v) is 4.51. The van der Waals surface area contributed by atoms with Gasteiger partial charge < -0.3 is 11.1 Å². The van der Waals surface area contributed by atoms with Gasteiger partial charge >= 0.3 is 0 Å². The molecule has 4 N–H and O–H groups in total. The predicted octanol–water partition coefficient (Wildman–Crippen LogP) is 3.60. The van der Waals surface area contributed by atoms with Gasteiger partial charge in [0.1, 0.15) is 5.71 Å². The third-order valence-electron chi connectivity index (χ3n) is 4.17. The largest absolute Gasteiger partial charge is 0.375 e. The first-order valence-corrected chi connectivity index (χ1v) is 9.29. The number of nitrogens with one attached hydrogen (secondary N) is 2. The summed E-state index contributed by atoms with van der Waals surface area (Å²) in [6, 6.07) is 12.1. The van der Waals surface area contributed by atoms with Crippen molar-refractivity contribution in [3.63, 3.8) is 0 Å². The Labute approximate surface area is 174 Å². The summed E-state index contributed by atoms with van der Waals surface area (Å²) in [5.74, 6) is -1.64. The number of hydrazone groups is 1. The first-order chi connectivity index (χ1) is 13.2. The first kappa shape index (κ1) is 21.5. The minimum Gasteiger partial charge on any atom is -0.375 e. The average molecular weight is 417 g/mol. The van der Waals surface area contributed by atoms with Crippen molar-refractivity contribution in [2.75, 3.05) is 5.32 Å². The van der Waals surface area contributed by atoms with E-state index < -0.39 is 11.8 Å². The Hall–Kier alpha value is -2.77. The van der Waals surface area contributed by atoms with E-state index in [-0.39, 0.29) is 16.6 Å². The van der Waals surface area contributed by atoms with Crippen LogP contribution < -0.4 is 16.5 Å². The van der Waals surface area contributed by atoms with Gasteiger partial charge in [-0.2, -0.15) is 5.10 Å². The van der Waals surface area contributed by atoms with Crippen LogP contribution in [-0.2, 0) is 4.79 Å². The molecule has 0 heterocycles. The Morgan fingerprint density at radius 1 is 1.11 bits per heavy atom. The molecule has 0 radical (unpaired) electrons. The minimum absolute atomic E-state index is 0.0320. The number of benzene rings is 2. The minimum atomic E-state index is -0.840. The van der Waals surface area contributed by atoms with E-state index >= 15 is 0 Å². The number of anilines is 1. The molecule has 0 spiro atoms. The predicted molar refractivity (Wildman–Crippen MR) is 117 cm³/mol. The molecule has 0 fully saturated rings. The van der Waals surface area contributed by atoms with Crippen LogP contribution >= 0.6 is 23.8 Å². The van der Waals surface area contributed by atoms with Gasteiger partial charge in [0.15, 0.2) is 10.9 Å². The molecule has 2 aromatic rings. The lowest BCUT2D eigenvalue weighted by Crippen LogP contribution is -2.36. The number of thiocarbonyl (C=S) groups is 1. The maximum atomic E-state index is 12.9. The number of aryl methyl sites for hydroxylation is 2. The molecule has 2 aromatic carbocycles. The van der Waals surface area contributed by atoms with Crippen LogP contribution in [0, 0.1) is 19.8 Å². The van der Waals surface area contributed by atoms with Crippen molar-refractivity contribution < 1.29 is 9.59 Å². The number of rotatable bonds is 6. The average Bonchev–Trinajstić information content (AvgIpc) is 2.64. The van der Waals surface area contributed by atoms with Crippen molar-refractivity contribution in [1.29, 1.82) is 0 Å². The molecule has 1 amide bonds. The van der Waals surface area contributed by atoms with Gasteiger partial charge in [-0.15, -0.1) is 0 Å². The molecular formula is C20H21ClN4O2S. The van der Waals surface area contributed by atoms with E-state index in [4.69, 9.17) is 29.6 Å². The normalized spacial score (nSPS) is 12.2. The van der Waals surface area contributed by atoms with Crippen LogP contribution in [0.25, 0.3) is 0 Å². The van der Waals surface area contributed by atoms with Crippen LogP contribution in [0.1, 0.15) is 28.4 Å². The Morgan fingerprint density at radius 2 is 1.68 bits per heavy atom. The topological polar surface area (TPSA) is 96.6 Å². The molecule has 8 heteroatoms. The molecule has 2 rings (SSSR count). The number of para-hydroxylation sites is 1. The molecular weight excluding hydrogens is 396 g/mol. The number of halogens is 1. The van der Waals surface area contributed by atoms with E-state index in [1.807, 2.05) is 32.0 Å². The second-order valence-corrected chi connectivity index (χ2v) is 7.16. The summed E-state index contributed by atoms with van der Waals surface area (Å²) in [7, 11) is 0. The molecule has 0 aliphatic rings. The molecule has 0 aromatic heterocycles. The number of amides is 1. The Kier molecular flexibility index (Phi) is 7.25. The van der Waals surface area contributed by atoms with Gasteiger partial charge in [0, 0.05) is 16.3 Å². The Bertz CT molecular complexity index is 921. The number of carbonyl (C=O) groups excluding carboxylic acids is 2. The van der Waals surface area contributed by atoms with E-state index in [0.29, 0.717) is 16.3 Å². The van der Waals surface area contributed by atoms with Gasteiger partial charge in [-0.05, 0) is 68.4 Å². The van der Waals surface area contributed by atoms with Gasteiger partial charge in [0.05, 0.1) is 5.92 Å². The molecule has 0 unspecified atom stereocenters. The summed E-state index contributed by atoms with van der Waals surface area (Å²) >= 11 is 10.6. The van der Waals surface area contributed by atoms with Crippen molar-refractivity contribution in [3.8, 4) is 0 Å². The van der Waals surface area contributed by atoms with Crippen molar-refractivity contribution in [3.05, 3.63) is 64.2 Å². The highest BCUT2D eigenvalue weighted by Crippen LogP contribution is 2.21. The van der Waals surface area contributed by atoms with Gasteiger partial charge in [0.2, 0.25) is 0 Å². The van der Waals surface area contributed by atoms with Crippen LogP contribution in [0.15, 0.2) is 47.6 Å². The molecule has 146 valence electrons. The number of hydrogen-bond acceptors (Lipinski definition) is 4. The molecule has 0 aliphatic carbocycles. The second-order valence-electron chi connectivity index (χ2n) is 6.29. The maximum Gasteiger partial charge on any atom is 0.272 e. The summed E-state index contributed by atoms with van der Waals surface area (Å²) in [5.41, 5.74) is 10.7. The smallest absolute Gasteiger partial charge is 0.272 e. The number of hydrogen-bond donors (Lipinski definition) is 3. The number of Topliss-reactive ketones (excluding diaryl/α,β-unsaturated/α-hetero) is 1. The quantitative estimate of drug-likeness (QED) is 0.289. The first-order valence-electron chi connectivity index (χ1n) is 8.51. The molecule has 28 heavy (non-hydrogen) atoms. The standard InChI is InChI=1S/C20H21ClN4O2S/c1-11-5-4-6-12(2)16(11)23-19(27)17(24-25-20(22)28)13(3)18(26)14-7-9-15(21)10-8-14/h4-10,13H,1-3H3,(H,23,27)(H3,22,25,28)/b24-17-/t13-/m0/s1. The van der Waals surface area contributed by atoms with Crippen LogP contribution in [0.4, 0.5) is 5.69 Å². The molecule has 6 nitrogen and oxygen atoms in total. The highest BCUT2D eigenvalue weighted by molar-refractivity contribution is 7.80.